The predicted molar refractivity (Wildman–Crippen MR) is 62.2 cm³/mol. The quantitative estimate of drug-likeness (QED) is 0.656. The number of hydrogen-bond acceptors (Lipinski definition) is 3. The molecule has 2 fully saturated rings. The molecule has 16 heavy (non-hydrogen) atoms. The van der Waals surface area contributed by atoms with Crippen molar-refractivity contribution in [3.63, 3.8) is 0 Å². The molecule has 1 aliphatic heterocycles. The van der Waals surface area contributed by atoms with E-state index in [-0.39, 0.29) is 42.7 Å². The van der Waals surface area contributed by atoms with Crippen LogP contribution >= 0.6 is 12.4 Å². The SMILES string of the molecule is Cl.NC1CCC(C(=O)N2CCNC(=O)C2)C1. The van der Waals surface area contributed by atoms with Crippen LogP contribution in [0.15, 0.2) is 0 Å². The van der Waals surface area contributed by atoms with Gasteiger partial charge in [0.1, 0.15) is 0 Å². The van der Waals surface area contributed by atoms with E-state index in [1.54, 1.807) is 4.90 Å². The van der Waals surface area contributed by atoms with E-state index in [9.17, 15) is 9.59 Å². The second-order valence-corrected chi connectivity index (χ2v) is 4.38. The van der Waals surface area contributed by atoms with E-state index in [4.69, 9.17) is 5.73 Å². The molecule has 0 spiro atoms. The highest BCUT2D eigenvalue weighted by atomic mass is 35.5. The zero-order valence-corrected chi connectivity index (χ0v) is 9.96. The van der Waals surface area contributed by atoms with Crippen LogP contribution in [0.4, 0.5) is 0 Å². The first-order chi connectivity index (χ1) is 7.16. The van der Waals surface area contributed by atoms with Gasteiger partial charge < -0.3 is 16.0 Å². The van der Waals surface area contributed by atoms with Crippen LogP contribution in [0.1, 0.15) is 19.3 Å². The Morgan fingerprint density at radius 3 is 2.75 bits per heavy atom. The molecule has 1 aliphatic carbocycles. The first-order valence-electron chi connectivity index (χ1n) is 5.48. The van der Waals surface area contributed by atoms with Crippen molar-refractivity contribution < 1.29 is 9.59 Å². The summed E-state index contributed by atoms with van der Waals surface area (Å²) in [6.45, 7) is 1.42. The van der Waals surface area contributed by atoms with Gasteiger partial charge in [0.15, 0.2) is 0 Å². The second-order valence-electron chi connectivity index (χ2n) is 4.38. The average molecular weight is 248 g/mol. The molecule has 0 aromatic heterocycles. The first kappa shape index (κ1) is 13.3. The van der Waals surface area contributed by atoms with E-state index in [2.05, 4.69) is 5.32 Å². The summed E-state index contributed by atoms with van der Waals surface area (Å²) in [5.74, 6) is 0.0978. The summed E-state index contributed by atoms with van der Waals surface area (Å²) in [6.07, 6.45) is 2.57. The second kappa shape index (κ2) is 5.50. The molecular weight excluding hydrogens is 230 g/mol. The highest BCUT2D eigenvalue weighted by Gasteiger charge is 2.32. The number of amides is 2. The van der Waals surface area contributed by atoms with Crippen molar-refractivity contribution in [1.82, 2.24) is 10.2 Å². The Bertz CT molecular complexity index is 285. The van der Waals surface area contributed by atoms with Gasteiger partial charge in [0.05, 0.1) is 6.54 Å². The minimum atomic E-state index is -0.0584. The lowest BCUT2D eigenvalue weighted by Crippen LogP contribution is -2.51. The Morgan fingerprint density at radius 2 is 2.19 bits per heavy atom. The summed E-state index contributed by atoms with van der Waals surface area (Å²) < 4.78 is 0. The highest BCUT2D eigenvalue weighted by molar-refractivity contribution is 5.87. The topological polar surface area (TPSA) is 75.4 Å². The number of nitrogens with two attached hydrogens (primary N) is 1. The molecule has 2 aliphatic rings. The van der Waals surface area contributed by atoms with Crippen molar-refractivity contribution in [2.45, 2.75) is 25.3 Å². The Labute approximate surface area is 101 Å². The monoisotopic (exact) mass is 247 g/mol. The average Bonchev–Trinajstić information content (AvgIpc) is 2.64. The van der Waals surface area contributed by atoms with Gasteiger partial charge in [-0.15, -0.1) is 12.4 Å². The van der Waals surface area contributed by atoms with Crippen LogP contribution in [0.25, 0.3) is 0 Å². The maximum Gasteiger partial charge on any atom is 0.239 e. The Balaban J connectivity index is 0.00000128. The van der Waals surface area contributed by atoms with E-state index >= 15 is 0 Å². The molecule has 1 saturated heterocycles. The Kier molecular flexibility index (Phi) is 4.56. The van der Waals surface area contributed by atoms with E-state index < -0.39 is 0 Å². The number of carbonyl (C=O) groups is 2. The largest absolute Gasteiger partial charge is 0.353 e. The fraction of sp³-hybridized carbons (Fsp3) is 0.800. The molecule has 1 saturated carbocycles. The number of nitrogens with zero attached hydrogens (tertiary/aromatic N) is 1. The van der Waals surface area contributed by atoms with Gasteiger partial charge in [0.2, 0.25) is 11.8 Å². The van der Waals surface area contributed by atoms with Gasteiger partial charge in [0.25, 0.3) is 0 Å². The zero-order chi connectivity index (χ0) is 10.8. The van der Waals surface area contributed by atoms with Gasteiger partial charge in [-0.2, -0.15) is 0 Å². The minimum absolute atomic E-state index is 0. The molecule has 0 aromatic carbocycles. The van der Waals surface area contributed by atoms with Crippen molar-refractivity contribution in [3.05, 3.63) is 0 Å². The van der Waals surface area contributed by atoms with Crippen LogP contribution in [0.2, 0.25) is 0 Å². The summed E-state index contributed by atoms with van der Waals surface area (Å²) in [5.41, 5.74) is 5.77. The molecule has 92 valence electrons. The van der Waals surface area contributed by atoms with Gasteiger partial charge in [-0.3, -0.25) is 9.59 Å². The van der Waals surface area contributed by atoms with E-state index in [1.165, 1.54) is 0 Å². The number of carbonyl (C=O) groups excluding carboxylic acids is 2. The van der Waals surface area contributed by atoms with E-state index in [1.807, 2.05) is 0 Å². The number of rotatable bonds is 1. The van der Waals surface area contributed by atoms with Crippen LogP contribution in [0.3, 0.4) is 0 Å². The summed E-state index contributed by atoms with van der Waals surface area (Å²) >= 11 is 0. The van der Waals surface area contributed by atoms with Gasteiger partial charge in [-0.05, 0) is 19.3 Å². The van der Waals surface area contributed by atoms with Crippen LogP contribution in [0.5, 0.6) is 0 Å². The number of piperazine rings is 1. The Morgan fingerprint density at radius 1 is 1.44 bits per heavy atom. The van der Waals surface area contributed by atoms with Crippen LogP contribution in [0, 0.1) is 5.92 Å². The van der Waals surface area contributed by atoms with Crippen molar-refractivity contribution in [1.29, 1.82) is 0 Å². The number of nitrogens with one attached hydrogen (secondary N) is 1. The van der Waals surface area contributed by atoms with E-state index in [0.29, 0.717) is 13.1 Å². The number of halogens is 1. The van der Waals surface area contributed by atoms with Crippen molar-refractivity contribution >= 4 is 24.2 Å². The summed E-state index contributed by atoms with van der Waals surface area (Å²) in [4.78, 5) is 24.8. The van der Waals surface area contributed by atoms with E-state index in [0.717, 1.165) is 19.3 Å². The third kappa shape index (κ3) is 2.86. The van der Waals surface area contributed by atoms with Crippen molar-refractivity contribution in [2.24, 2.45) is 11.7 Å². The fourth-order valence-corrected chi connectivity index (χ4v) is 2.33. The molecule has 3 N–H and O–H groups in total. The molecule has 5 nitrogen and oxygen atoms in total. The third-order valence-electron chi connectivity index (χ3n) is 3.17. The van der Waals surface area contributed by atoms with Crippen LogP contribution < -0.4 is 11.1 Å². The molecule has 0 aromatic rings. The zero-order valence-electron chi connectivity index (χ0n) is 9.15. The molecule has 1 heterocycles. The molecule has 2 atom stereocenters. The molecule has 6 heteroatoms. The molecule has 2 unspecified atom stereocenters. The van der Waals surface area contributed by atoms with Crippen LogP contribution in [-0.2, 0) is 9.59 Å². The van der Waals surface area contributed by atoms with Crippen LogP contribution in [-0.4, -0.2) is 42.4 Å². The summed E-state index contributed by atoms with van der Waals surface area (Å²) in [5, 5.41) is 2.71. The lowest BCUT2D eigenvalue weighted by molar-refractivity contribution is -0.141. The normalized spacial score (nSPS) is 29.6. The fourth-order valence-electron chi connectivity index (χ4n) is 2.33. The van der Waals surface area contributed by atoms with Gasteiger partial charge in [-0.25, -0.2) is 0 Å². The predicted octanol–water partition coefficient (Wildman–Crippen LogP) is -0.506. The third-order valence-corrected chi connectivity index (χ3v) is 3.17. The van der Waals surface area contributed by atoms with Gasteiger partial charge >= 0.3 is 0 Å². The molecule has 2 amide bonds. The Hall–Kier alpha value is -0.810. The number of hydrogen-bond donors (Lipinski definition) is 2. The molecular formula is C10H18ClN3O2. The maximum atomic E-state index is 12.0. The summed E-state index contributed by atoms with van der Waals surface area (Å²) in [6, 6.07) is 0.164. The van der Waals surface area contributed by atoms with Gasteiger partial charge in [-0.1, -0.05) is 0 Å². The minimum Gasteiger partial charge on any atom is -0.353 e. The standard InChI is InChI=1S/C10H17N3O2.ClH/c11-8-2-1-7(5-8)10(15)13-4-3-12-9(14)6-13;/h7-8H,1-6,11H2,(H,12,14);1H. The van der Waals surface area contributed by atoms with Crippen molar-refractivity contribution in [3.8, 4) is 0 Å². The molecule has 0 radical (unpaired) electrons. The molecule has 2 rings (SSSR count). The smallest absolute Gasteiger partial charge is 0.239 e. The maximum absolute atomic E-state index is 12.0. The van der Waals surface area contributed by atoms with Crippen molar-refractivity contribution in [2.75, 3.05) is 19.6 Å². The summed E-state index contributed by atoms with van der Waals surface area (Å²) in [7, 11) is 0. The molecule has 0 bridgehead atoms. The first-order valence-corrected chi connectivity index (χ1v) is 5.48. The lowest BCUT2D eigenvalue weighted by Gasteiger charge is -2.28. The lowest BCUT2D eigenvalue weighted by atomic mass is 10.1. The highest BCUT2D eigenvalue weighted by Crippen LogP contribution is 2.26. The van der Waals surface area contributed by atoms with Gasteiger partial charge in [0, 0.05) is 25.0 Å².